The lowest BCUT2D eigenvalue weighted by atomic mass is 9.94. The summed E-state index contributed by atoms with van der Waals surface area (Å²) in [4.78, 5) is 14.8. The third-order valence-corrected chi connectivity index (χ3v) is 8.23. The Morgan fingerprint density at radius 3 is 2.43 bits per heavy atom. The molecule has 1 atom stereocenters. The number of hydrogen-bond donors (Lipinski definition) is 1. The summed E-state index contributed by atoms with van der Waals surface area (Å²) in [7, 11) is -3.69. The summed E-state index contributed by atoms with van der Waals surface area (Å²) in [6.45, 7) is 5.76. The van der Waals surface area contributed by atoms with Gasteiger partial charge in [-0.1, -0.05) is 18.9 Å². The van der Waals surface area contributed by atoms with Crippen LogP contribution in [-0.2, 0) is 14.8 Å². The van der Waals surface area contributed by atoms with Gasteiger partial charge in [-0.3, -0.25) is 9.69 Å². The number of piperidine rings is 1. The highest BCUT2D eigenvalue weighted by Gasteiger charge is 2.30. The van der Waals surface area contributed by atoms with Crippen molar-refractivity contribution in [2.24, 2.45) is 5.92 Å². The summed E-state index contributed by atoms with van der Waals surface area (Å²) in [5, 5.41) is 3.07. The fourth-order valence-electron chi connectivity index (χ4n) is 4.39. The molecule has 0 aromatic heterocycles. The molecule has 1 unspecified atom stereocenters. The molecule has 1 amide bonds. The third-order valence-electron chi connectivity index (χ3n) is 6.34. The third kappa shape index (κ3) is 6.25. The second kappa shape index (κ2) is 10.7. The van der Waals surface area contributed by atoms with Crippen LogP contribution in [0.2, 0.25) is 0 Å². The summed E-state index contributed by atoms with van der Waals surface area (Å²) in [5.74, 6) is -0.336. The lowest BCUT2D eigenvalue weighted by Gasteiger charge is -2.31. The molecule has 0 radical (unpaired) electrons. The molecule has 2 heterocycles. The van der Waals surface area contributed by atoms with Crippen LogP contribution in [0.5, 0.6) is 0 Å². The van der Waals surface area contributed by atoms with E-state index in [1.165, 1.54) is 48.2 Å². The van der Waals surface area contributed by atoms with Gasteiger partial charge in [-0.05, 0) is 69.8 Å². The molecule has 0 saturated carbocycles. The molecule has 2 aliphatic heterocycles. The number of carbonyl (C=O) groups excluding carboxylic acids is 1. The molecule has 2 saturated heterocycles. The first-order valence-electron chi connectivity index (χ1n) is 11.1. The molecule has 2 aliphatic rings. The van der Waals surface area contributed by atoms with E-state index >= 15 is 0 Å². The second-order valence-electron chi connectivity index (χ2n) is 8.61. The van der Waals surface area contributed by atoms with Gasteiger partial charge in [0.1, 0.15) is 5.82 Å². The normalized spacial score (nSPS) is 21.1. The van der Waals surface area contributed by atoms with Gasteiger partial charge in [-0.2, -0.15) is 4.31 Å². The molecule has 1 N–H and O–H groups in total. The molecule has 0 bridgehead atoms. The van der Waals surface area contributed by atoms with Crippen LogP contribution in [0.3, 0.4) is 0 Å². The highest BCUT2D eigenvalue weighted by molar-refractivity contribution is 7.89. The minimum atomic E-state index is -3.69. The Balaban J connectivity index is 1.42. The molecule has 1 aromatic carbocycles. The quantitative estimate of drug-likeness (QED) is 0.709. The zero-order chi connectivity index (χ0) is 21.6. The summed E-state index contributed by atoms with van der Waals surface area (Å²) in [6.07, 6.45) is 6.77. The lowest BCUT2D eigenvalue weighted by Crippen LogP contribution is -2.43. The van der Waals surface area contributed by atoms with Crippen LogP contribution >= 0.6 is 0 Å². The number of amides is 1. The highest BCUT2D eigenvalue weighted by Crippen LogP contribution is 2.26. The number of hydrogen-bond acceptors (Lipinski definition) is 4. The zero-order valence-electron chi connectivity index (χ0n) is 17.9. The Morgan fingerprint density at radius 2 is 1.80 bits per heavy atom. The fourth-order valence-corrected chi connectivity index (χ4v) is 5.89. The number of carbonyl (C=O) groups is 1. The van der Waals surface area contributed by atoms with Gasteiger partial charge in [0.25, 0.3) is 0 Å². The molecule has 2 fully saturated rings. The van der Waals surface area contributed by atoms with E-state index in [4.69, 9.17) is 0 Å². The molecule has 6 nitrogen and oxygen atoms in total. The Hall–Kier alpha value is -1.51. The Bertz CT molecular complexity index is 802. The number of likely N-dealkylation sites (tertiary alicyclic amines) is 1. The first-order valence-corrected chi connectivity index (χ1v) is 12.6. The summed E-state index contributed by atoms with van der Waals surface area (Å²) >= 11 is 0. The minimum Gasteiger partial charge on any atom is -0.355 e. The monoisotopic (exact) mass is 439 g/mol. The van der Waals surface area contributed by atoms with Crippen molar-refractivity contribution in [1.29, 1.82) is 0 Å². The number of nitrogens with one attached hydrogen (secondary N) is 1. The first-order chi connectivity index (χ1) is 14.4. The molecule has 8 heteroatoms. The van der Waals surface area contributed by atoms with Crippen molar-refractivity contribution in [3.05, 3.63) is 30.1 Å². The smallest absolute Gasteiger partial charge is 0.243 e. The number of nitrogens with zero attached hydrogens (tertiary/aromatic N) is 2. The summed E-state index contributed by atoms with van der Waals surface area (Å²) in [5.41, 5.74) is 0. The second-order valence-corrected chi connectivity index (χ2v) is 10.6. The van der Waals surface area contributed by atoms with Crippen molar-refractivity contribution in [2.45, 2.75) is 62.8 Å². The molecule has 30 heavy (non-hydrogen) atoms. The van der Waals surface area contributed by atoms with Gasteiger partial charge in [0.2, 0.25) is 15.9 Å². The molecule has 3 rings (SSSR count). The molecule has 0 aliphatic carbocycles. The van der Waals surface area contributed by atoms with Crippen LogP contribution in [-0.4, -0.2) is 62.3 Å². The summed E-state index contributed by atoms with van der Waals surface area (Å²) < 4.78 is 40.2. The standard InChI is InChI=1S/C22H34FN3O3S/c1-18(25-11-4-2-3-5-12-25)17-24-22(27)15-19-9-13-26(14-10-19)30(28,29)21-8-6-7-20(23)16-21/h6-8,16,18-19H,2-5,9-15,17H2,1H3,(H,24,27). The van der Waals surface area contributed by atoms with E-state index in [1.54, 1.807) is 0 Å². The Labute approximate surface area is 179 Å². The average Bonchev–Trinajstić information content (AvgIpc) is 3.02. The van der Waals surface area contributed by atoms with E-state index in [2.05, 4.69) is 17.1 Å². The molecular weight excluding hydrogens is 405 g/mol. The van der Waals surface area contributed by atoms with Crippen molar-refractivity contribution in [1.82, 2.24) is 14.5 Å². The van der Waals surface area contributed by atoms with Gasteiger partial charge in [0.15, 0.2) is 0 Å². The van der Waals surface area contributed by atoms with Crippen LogP contribution in [0.25, 0.3) is 0 Å². The number of sulfonamides is 1. The molecule has 168 valence electrons. The molecule has 1 aromatic rings. The first kappa shape index (κ1) is 23.2. The number of rotatable bonds is 7. The predicted molar refractivity (Wildman–Crippen MR) is 115 cm³/mol. The van der Waals surface area contributed by atoms with Gasteiger partial charge in [-0.15, -0.1) is 0 Å². The molecule has 0 spiro atoms. The lowest BCUT2D eigenvalue weighted by molar-refractivity contribution is -0.122. The summed E-state index contributed by atoms with van der Waals surface area (Å²) in [6, 6.07) is 5.46. The van der Waals surface area contributed by atoms with Gasteiger partial charge >= 0.3 is 0 Å². The average molecular weight is 440 g/mol. The van der Waals surface area contributed by atoms with Crippen molar-refractivity contribution < 1.29 is 17.6 Å². The zero-order valence-corrected chi connectivity index (χ0v) is 18.7. The van der Waals surface area contributed by atoms with E-state index in [0.717, 1.165) is 19.2 Å². The van der Waals surface area contributed by atoms with Gasteiger partial charge < -0.3 is 5.32 Å². The van der Waals surface area contributed by atoms with E-state index in [0.29, 0.717) is 44.9 Å². The maximum absolute atomic E-state index is 13.4. The number of benzene rings is 1. The van der Waals surface area contributed by atoms with Gasteiger partial charge in [0.05, 0.1) is 4.90 Å². The van der Waals surface area contributed by atoms with Crippen molar-refractivity contribution >= 4 is 15.9 Å². The van der Waals surface area contributed by atoms with Crippen LogP contribution in [0.4, 0.5) is 4.39 Å². The van der Waals surface area contributed by atoms with E-state index in [9.17, 15) is 17.6 Å². The van der Waals surface area contributed by atoms with E-state index in [-0.39, 0.29) is 16.7 Å². The van der Waals surface area contributed by atoms with Crippen LogP contribution in [0.15, 0.2) is 29.2 Å². The topological polar surface area (TPSA) is 69.7 Å². The van der Waals surface area contributed by atoms with E-state index < -0.39 is 15.8 Å². The van der Waals surface area contributed by atoms with Crippen molar-refractivity contribution in [3.63, 3.8) is 0 Å². The number of halogens is 1. The highest BCUT2D eigenvalue weighted by atomic mass is 32.2. The fraction of sp³-hybridized carbons (Fsp3) is 0.682. The van der Waals surface area contributed by atoms with Crippen LogP contribution in [0, 0.1) is 11.7 Å². The Morgan fingerprint density at radius 1 is 1.13 bits per heavy atom. The Kier molecular flexibility index (Phi) is 8.25. The predicted octanol–water partition coefficient (Wildman–Crippen LogP) is 3.00. The van der Waals surface area contributed by atoms with Crippen LogP contribution < -0.4 is 5.32 Å². The largest absolute Gasteiger partial charge is 0.355 e. The minimum absolute atomic E-state index is 0.0128. The molecular formula is C22H34FN3O3S. The van der Waals surface area contributed by atoms with E-state index in [1.807, 2.05) is 0 Å². The maximum Gasteiger partial charge on any atom is 0.243 e. The van der Waals surface area contributed by atoms with Crippen molar-refractivity contribution in [2.75, 3.05) is 32.7 Å². The van der Waals surface area contributed by atoms with Crippen LogP contribution in [0.1, 0.15) is 51.9 Å². The SMILES string of the molecule is CC(CNC(=O)CC1CCN(S(=O)(=O)c2cccc(F)c2)CC1)N1CCCCCC1. The van der Waals surface area contributed by atoms with Crippen molar-refractivity contribution in [3.8, 4) is 0 Å². The van der Waals surface area contributed by atoms with Gasteiger partial charge in [-0.25, -0.2) is 12.8 Å². The van der Waals surface area contributed by atoms with Gasteiger partial charge in [0, 0.05) is 32.1 Å². The maximum atomic E-state index is 13.4.